The molecule has 0 nitrogen and oxygen atoms in total. The summed E-state index contributed by atoms with van der Waals surface area (Å²) in [6.07, 6.45) is -4.17. The average Bonchev–Trinajstić information content (AvgIpc) is 2.26. The number of halogens is 3. The van der Waals surface area contributed by atoms with Gasteiger partial charge in [-0.1, -0.05) is 30.3 Å². The minimum Gasteiger partial charge on any atom is -0.166 e. The first-order valence-electron chi connectivity index (χ1n) is 4.91. The van der Waals surface area contributed by atoms with E-state index in [9.17, 15) is 13.2 Å². The Balaban J connectivity index is 2.78. The summed E-state index contributed by atoms with van der Waals surface area (Å²) in [6, 6.07) is 9.67. The Morgan fingerprint density at radius 2 is 1.69 bits per heavy atom. The van der Waals surface area contributed by atoms with E-state index in [2.05, 4.69) is 6.92 Å². The van der Waals surface area contributed by atoms with Gasteiger partial charge in [0.2, 0.25) is 0 Å². The minimum absolute atomic E-state index is 0.135. The normalized spacial score (nSPS) is 12.0. The van der Waals surface area contributed by atoms with Gasteiger partial charge in [0.15, 0.2) is 0 Å². The second-order valence-corrected chi connectivity index (χ2v) is 3.56. The first kappa shape index (κ1) is 11.0. The monoisotopic (exact) mass is 223 g/mol. The Kier molecular flexibility index (Phi) is 2.62. The zero-order valence-electron chi connectivity index (χ0n) is 8.51. The van der Waals surface area contributed by atoms with Gasteiger partial charge in [0, 0.05) is 0 Å². The number of rotatable bonds is 1. The summed E-state index contributed by atoms with van der Waals surface area (Å²) < 4.78 is 38.2. The molecule has 0 saturated heterocycles. The zero-order chi connectivity index (χ0) is 11.8. The quantitative estimate of drug-likeness (QED) is 0.678. The van der Waals surface area contributed by atoms with Crippen molar-refractivity contribution < 1.29 is 13.2 Å². The van der Waals surface area contributed by atoms with Gasteiger partial charge in [0.1, 0.15) is 0 Å². The molecule has 1 radical (unpaired) electrons. The van der Waals surface area contributed by atoms with E-state index in [0.29, 0.717) is 5.39 Å². The van der Waals surface area contributed by atoms with E-state index >= 15 is 0 Å². The number of hydrogen-bond donors (Lipinski definition) is 0. The number of hydrogen-bond acceptors (Lipinski definition) is 0. The lowest BCUT2D eigenvalue weighted by molar-refractivity contribution is -0.138. The summed E-state index contributed by atoms with van der Waals surface area (Å²) in [6.45, 7) is 3.58. The molecule has 2 aromatic rings. The van der Waals surface area contributed by atoms with Crippen LogP contribution in [0.5, 0.6) is 0 Å². The largest absolute Gasteiger partial charge is 0.416 e. The molecule has 0 bridgehead atoms. The summed E-state index contributed by atoms with van der Waals surface area (Å²) in [4.78, 5) is 0. The first-order valence-corrected chi connectivity index (χ1v) is 4.91. The van der Waals surface area contributed by atoms with Crippen LogP contribution in [-0.4, -0.2) is 0 Å². The molecule has 0 saturated carbocycles. The van der Waals surface area contributed by atoms with Crippen LogP contribution in [0.4, 0.5) is 13.2 Å². The zero-order valence-corrected chi connectivity index (χ0v) is 8.51. The third-order valence-corrected chi connectivity index (χ3v) is 2.60. The van der Waals surface area contributed by atoms with Crippen LogP contribution >= 0.6 is 0 Å². The topological polar surface area (TPSA) is 0 Å². The van der Waals surface area contributed by atoms with Crippen LogP contribution in [-0.2, 0) is 12.6 Å². The molecule has 0 spiro atoms. The third-order valence-electron chi connectivity index (χ3n) is 2.60. The number of benzene rings is 2. The van der Waals surface area contributed by atoms with Crippen LogP contribution in [0.2, 0.25) is 0 Å². The van der Waals surface area contributed by atoms with Crippen LogP contribution in [0.1, 0.15) is 11.1 Å². The lowest BCUT2D eigenvalue weighted by Crippen LogP contribution is -2.09. The lowest BCUT2D eigenvalue weighted by atomic mass is 9.97. The second-order valence-electron chi connectivity index (χ2n) is 3.56. The van der Waals surface area contributed by atoms with Gasteiger partial charge in [-0.3, -0.25) is 0 Å². The van der Waals surface area contributed by atoms with Crippen molar-refractivity contribution >= 4 is 10.8 Å². The van der Waals surface area contributed by atoms with Gasteiger partial charge >= 0.3 is 6.18 Å². The van der Waals surface area contributed by atoms with E-state index in [1.807, 2.05) is 6.07 Å². The molecule has 0 aromatic heterocycles. The molecule has 83 valence electrons. The summed E-state index contributed by atoms with van der Waals surface area (Å²) in [7, 11) is 0. The Labute approximate surface area is 91.7 Å². The maximum absolute atomic E-state index is 12.7. The maximum Gasteiger partial charge on any atom is 0.416 e. The van der Waals surface area contributed by atoms with Crippen LogP contribution < -0.4 is 0 Å². The van der Waals surface area contributed by atoms with E-state index in [4.69, 9.17) is 0 Å². The standard InChI is InChI=1S/C13H10F3/c1-2-10-11-6-4-3-5-9(11)7-8-12(10)13(14,15)16/h3-8H,1-2H2. The molecule has 0 fully saturated rings. The highest BCUT2D eigenvalue weighted by Gasteiger charge is 2.33. The Bertz CT molecular complexity index is 512. The van der Waals surface area contributed by atoms with E-state index < -0.39 is 11.7 Å². The molecule has 3 heteroatoms. The molecule has 16 heavy (non-hydrogen) atoms. The van der Waals surface area contributed by atoms with Crippen LogP contribution in [0.3, 0.4) is 0 Å². The molecule has 2 rings (SSSR count). The molecule has 0 heterocycles. The molecule has 2 aromatic carbocycles. The summed E-state index contributed by atoms with van der Waals surface area (Å²) >= 11 is 0. The molecule has 0 aliphatic rings. The van der Waals surface area contributed by atoms with E-state index in [-0.39, 0.29) is 12.0 Å². The highest BCUT2D eigenvalue weighted by atomic mass is 19.4. The molecular weight excluding hydrogens is 213 g/mol. The van der Waals surface area contributed by atoms with Crippen molar-refractivity contribution in [3.05, 3.63) is 54.4 Å². The highest BCUT2D eigenvalue weighted by Crippen LogP contribution is 2.35. The smallest absolute Gasteiger partial charge is 0.166 e. The van der Waals surface area contributed by atoms with E-state index in [1.165, 1.54) is 6.07 Å². The molecule has 0 unspecified atom stereocenters. The molecular formula is C13H10F3. The molecule has 0 aliphatic heterocycles. The van der Waals surface area contributed by atoms with Crippen LogP contribution in [0.25, 0.3) is 10.8 Å². The van der Waals surface area contributed by atoms with Crippen molar-refractivity contribution in [3.63, 3.8) is 0 Å². The van der Waals surface area contributed by atoms with Crippen molar-refractivity contribution in [2.45, 2.75) is 12.6 Å². The first-order chi connectivity index (χ1) is 7.54. The SMILES string of the molecule is [CH2]Cc1c(C(F)(F)F)ccc2ccccc12. The van der Waals surface area contributed by atoms with Gasteiger partial charge in [0.05, 0.1) is 5.56 Å². The van der Waals surface area contributed by atoms with Gasteiger partial charge in [0.25, 0.3) is 0 Å². The summed E-state index contributed by atoms with van der Waals surface area (Å²) in [5, 5.41) is 1.45. The highest BCUT2D eigenvalue weighted by molar-refractivity contribution is 5.87. The molecule has 0 atom stereocenters. The van der Waals surface area contributed by atoms with Gasteiger partial charge in [-0.05, 0) is 35.7 Å². The molecule has 0 amide bonds. The van der Waals surface area contributed by atoms with Gasteiger partial charge in [-0.25, -0.2) is 0 Å². The molecule has 0 aliphatic carbocycles. The Morgan fingerprint density at radius 1 is 1.00 bits per heavy atom. The Morgan fingerprint density at radius 3 is 2.31 bits per heavy atom. The van der Waals surface area contributed by atoms with Crippen LogP contribution in [0.15, 0.2) is 36.4 Å². The third kappa shape index (κ3) is 1.77. The van der Waals surface area contributed by atoms with Crippen molar-refractivity contribution in [2.75, 3.05) is 0 Å². The van der Waals surface area contributed by atoms with E-state index in [0.717, 1.165) is 11.5 Å². The van der Waals surface area contributed by atoms with Gasteiger partial charge < -0.3 is 0 Å². The fraction of sp³-hybridized carbons (Fsp3) is 0.154. The van der Waals surface area contributed by atoms with Crippen LogP contribution in [0, 0.1) is 6.92 Å². The fourth-order valence-corrected chi connectivity index (χ4v) is 1.87. The van der Waals surface area contributed by atoms with E-state index in [1.54, 1.807) is 18.2 Å². The minimum atomic E-state index is -4.31. The fourth-order valence-electron chi connectivity index (χ4n) is 1.87. The van der Waals surface area contributed by atoms with Crippen molar-refractivity contribution in [3.8, 4) is 0 Å². The number of alkyl halides is 3. The van der Waals surface area contributed by atoms with Gasteiger partial charge in [-0.15, -0.1) is 0 Å². The summed E-state index contributed by atoms with van der Waals surface area (Å²) in [5.41, 5.74) is -0.313. The maximum atomic E-state index is 12.7. The lowest BCUT2D eigenvalue weighted by Gasteiger charge is -2.14. The van der Waals surface area contributed by atoms with Crippen molar-refractivity contribution in [1.82, 2.24) is 0 Å². The predicted molar refractivity (Wildman–Crippen MR) is 58.0 cm³/mol. The van der Waals surface area contributed by atoms with Gasteiger partial charge in [-0.2, -0.15) is 13.2 Å². The average molecular weight is 223 g/mol. The summed E-state index contributed by atoms with van der Waals surface area (Å²) in [5.74, 6) is 0. The predicted octanol–water partition coefficient (Wildman–Crippen LogP) is 4.24. The Hall–Kier alpha value is -1.51. The van der Waals surface area contributed by atoms with Crippen molar-refractivity contribution in [1.29, 1.82) is 0 Å². The second kappa shape index (κ2) is 3.81. The molecule has 0 N–H and O–H groups in total. The number of fused-ring (bicyclic) bond motifs is 1. The van der Waals surface area contributed by atoms with Crippen molar-refractivity contribution in [2.24, 2.45) is 0 Å².